The molecule has 0 rings (SSSR count). The lowest BCUT2D eigenvalue weighted by atomic mass is 10.1. The van der Waals surface area contributed by atoms with Crippen LogP contribution in [0.1, 0.15) is 245 Å². The smallest absolute Gasteiger partial charge is 0.306 e. The molecule has 396 valence electrons. The first-order chi connectivity index (χ1) is 34.5. The zero-order valence-electron chi connectivity index (χ0n) is 45.2. The van der Waals surface area contributed by atoms with Gasteiger partial charge < -0.3 is 14.2 Å². The van der Waals surface area contributed by atoms with Gasteiger partial charge in [-0.1, -0.05) is 258 Å². The number of carbonyl (C=O) groups is 3. The van der Waals surface area contributed by atoms with Gasteiger partial charge in [-0.3, -0.25) is 14.4 Å². The summed E-state index contributed by atoms with van der Waals surface area (Å²) in [6.07, 6.45) is 78.9. The fourth-order valence-corrected chi connectivity index (χ4v) is 7.59. The summed E-state index contributed by atoms with van der Waals surface area (Å²) in [6, 6.07) is 0. The van der Waals surface area contributed by atoms with Gasteiger partial charge in [0.2, 0.25) is 0 Å². The van der Waals surface area contributed by atoms with Crippen LogP contribution in [-0.4, -0.2) is 37.2 Å². The van der Waals surface area contributed by atoms with Crippen LogP contribution < -0.4 is 0 Å². The predicted octanol–water partition coefficient (Wildman–Crippen LogP) is 19.3. The van der Waals surface area contributed by atoms with Crippen LogP contribution in [0.3, 0.4) is 0 Å². The molecule has 0 aliphatic rings. The zero-order chi connectivity index (χ0) is 50.7. The standard InChI is InChI=1S/C64H104O6/c1-4-7-10-13-16-19-22-25-28-30-32-34-36-39-42-45-48-51-54-57-63(66)69-60-61(59-68-62(65)56-53-50-47-44-41-38-35-27-24-21-18-15-12-9-6-3)70-64(67)58-55-52-49-46-43-40-37-33-31-29-26-23-20-17-14-11-8-5-2/h9,12,15,17-18,20-21,23-24,26-27,29-33,35,37-38,41,61H,4-8,10-11,13-14,16,19,22,25,28,34,36,39-40,42-60H2,1-3H3/b12-9-,18-15-,20-17-,24-21-,26-23-,31-29-,32-30-,35-27-,37-33-,41-38-. The summed E-state index contributed by atoms with van der Waals surface area (Å²) in [5, 5.41) is 0. The van der Waals surface area contributed by atoms with E-state index >= 15 is 0 Å². The maximum atomic E-state index is 12.9. The maximum absolute atomic E-state index is 12.9. The van der Waals surface area contributed by atoms with E-state index in [2.05, 4.69) is 93.7 Å². The minimum absolute atomic E-state index is 0.107. The van der Waals surface area contributed by atoms with Crippen LogP contribution in [0.5, 0.6) is 0 Å². The van der Waals surface area contributed by atoms with Gasteiger partial charge in [0.15, 0.2) is 6.10 Å². The molecule has 6 nitrogen and oxygen atoms in total. The highest BCUT2D eigenvalue weighted by molar-refractivity contribution is 5.71. The molecule has 0 saturated heterocycles. The van der Waals surface area contributed by atoms with E-state index in [-0.39, 0.29) is 37.5 Å². The zero-order valence-corrected chi connectivity index (χ0v) is 45.2. The van der Waals surface area contributed by atoms with Crippen molar-refractivity contribution in [1.29, 1.82) is 0 Å². The van der Waals surface area contributed by atoms with Crippen LogP contribution in [0, 0.1) is 0 Å². The molecule has 70 heavy (non-hydrogen) atoms. The molecule has 0 saturated carbocycles. The van der Waals surface area contributed by atoms with Crippen molar-refractivity contribution < 1.29 is 28.6 Å². The van der Waals surface area contributed by atoms with Gasteiger partial charge in [-0.2, -0.15) is 0 Å². The number of carbonyl (C=O) groups excluding carboxylic acids is 3. The number of esters is 3. The molecule has 1 unspecified atom stereocenters. The SMILES string of the molecule is CC\C=C/C=C\C=C/C=C\C=C/CCCCCC(=O)OCC(COC(=O)CCCCCCCCC/C=C\CCCCCCCCCC)OC(=O)CCCCCCC\C=C/C=C\C=C/C=C\CCCCC. The molecule has 0 heterocycles. The Kier molecular flexibility index (Phi) is 54.0. The highest BCUT2D eigenvalue weighted by Crippen LogP contribution is 2.14. The van der Waals surface area contributed by atoms with E-state index in [0.29, 0.717) is 12.8 Å². The Morgan fingerprint density at radius 1 is 0.300 bits per heavy atom. The summed E-state index contributed by atoms with van der Waals surface area (Å²) in [5.74, 6) is -0.979. The highest BCUT2D eigenvalue weighted by Gasteiger charge is 2.19. The molecule has 0 aromatic heterocycles. The second-order valence-corrected chi connectivity index (χ2v) is 18.7. The van der Waals surface area contributed by atoms with E-state index in [9.17, 15) is 14.4 Å². The van der Waals surface area contributed by atoms with Crippen LogP contribution in [0.4, 0.5) is 0 Å². The van der Waals surface area contributed by atoms with Crippen LogP contribution in [0.15, 0.2) is 122 Å². The Bertz CT molecular complexity index is 1490. The van der Waals surface area contributed by atoms with Gasteiger partial charge in [-0.25, -0.2) is 0 Å². The van der Waals surface area contributed by atoms with E-state index in [0.717, 1.165) is 96.3 Å². The Hall–Kier alpha value is -4.19. The molecule has 0 aliphatic carbocycles. The van der Waals surface area contributed by atoms with Crippen LogP contribution in [0.25, 0.3) is 0 Å². The predicted molar refractivity (Wildman–Crippen MR) is 302 cm³/mol. The summed E-state index contributed by atoms with van der Waals surface area (Å²) in [5.41, 5.74) is 0. The molecule has 1 atom stereocenters. The van der Waals surface area contributed by atoms with E-state index in [4.69, 9.17) is 14.2 Å². The number of rotatable bonds is 50. The van der Waals surface area contributed by atoms with Gasteiger partial charge in [0.1, 0.15) is 13.2 Å². The largest absolute Gasteiger partial charge is 0.462 e. The summed E-state index contributed by atoms with van der Waals surface area (Å²) in [6.45, 7) is 6.40. The molecule has 0 aromatic carbocycles. The molecule has 6 heteroatoms. The third-order valence-corrected chi connectivity index (χ3v) is 11.9. The van der Waals surface area contributed by atoms with E-state index in [1.165, 1.54) is 109 Å². The van der Waals surface area contributed by atoms with Crippen molar-refractivity contribution in [2.75, 3.05) is 13.2 Å². The lowest BCUT2D eigenvalue weighted by Gasteiger charge is -2.18. The van der Waals surface area contributed by atoms with Crippen molar-refractivity contribution in [3.63, 3.8) is 0 Å². The first-order valence-electron chi connectivity index (χ1n) is 28.7. The Labute approximate surface area is 431 Å². The molecular weight excluding hydrogens is 865 g/mol. The Morgan fingerprint density at radius 2 is 0.571 bits per heavy atom. The molecule has 0 spiro atoms. The monoisotopic (exact) mass is 969 g/mol. The normalized spacial score (nSPS) is 13.0. The van der Waals surface area contributed by atoms with Crippen LogP contribution in [-0.2, 0) is 28.6 Å². The Balaban J connectivity index is 4.51. The van der Waals surface area contributed by atoms with Gasteiger partial charge >= 0.3 is 17.9 Å². The van der Waals surface area contributed by atoms with Gasteiger partial charge in [0, 0.05) is 19.3 Å². The molecule has 0 N–H and O–H groups in total. The topological polar surface area (TPSA) is 78.9 Å². The molecule has 0 radical (unpaired) electrons. The molecule has 0 bridgehead atoms. The number of unbranched alkanes of at least 4 members (excludes halogenated alkanes) is 26. The van der Waals surface area contributed by atoms with Crippen molar-refractivity contribution >= 4 is 17.9 Å². The van der Waals surface area contributed by atoms with E-state index in [1.54, 1.807) is 0 Å². The van der Waals surface area contributed by atoms with E-state index < -0.39 is 6.10 Å². The minimum atomic E-state index is -0.814. The van der Waals surface area contributed by atoms with Crippen molar-refractivity contribution in [2.45, 2.75) is 252 Å². The molecule has 0 fully saturated rings. The quantitative estimate of drug-likeness (QED) is 0.0199. The van der Waals surface area contributed by atoms with Gasteiger partial charge in [-0.05, 0) is 89.9 Å². The first-order valence-corrected chi connectivity index (χ1v) is 28.7. The maximum Gasteiger partial charge on any atom is 0.306 e. The van der Waals surface area contributed by atoms with Crippen molar-refractivity contribution in [3.05, 3.63) is 122 Å². The average molecular weight is 970 g/mol. The minimum Gasteiger partial charge on any atom is -0.462 e. The second-order valence-electron chi connectivity index (χ2n) is 18.7. The summed E-state index contributed by atoms with van der Waals surface area (Å²) in [7, 11) is 0. The van der Waals surface area contributed by atoms with Crippen LogP contribution in [0.2, 0.25) is 0 Å². The molecular formula is C64H104O6. The molecule has 0 aliphatic heterocycles. The van der Waals surface area contributed by atoms with Crippen LogP contribution >= 0.6 is 0 Å². The van der Waals surface area contributed by atoms with Gasteiger partial charge in [0.05, 0.1) is 0 Å². The average Bonchev–Trinajstić information content (AvgIpc) is 3.36. The number of ether oxygens (including phenoxy) is 3. The number of allylic oxidation sites excluding steroid dienone is 20. The molecule has 0 aromatic rings. The third-order valence-electron chi connectivity index (χ3n) is 11.9. The third kappa shape index (κ3) is 54.7. The van der Waals surface area contributed by atoms with Crippen molar-refractivity contribution in [2.24, 2.45) is 0 Å². The summed E-state index contributed by atoms with van der Waals surface area (Å²) in [4.78, 5) is 38.2. The van der Waals surface area contributed by atoms with E-state index in [1.807, 2.05) is 48.6 Å². The Morgan fingerprint density at radius 3 is 0.957 bits per heavy atom. The lowest BCUT2D eigenvalue weighted by Crippen LogP contribution is -2.30. The van der Waals surface area contributed by atoms with Crippen molar-refractivity contribution in [1.82, 2.24) is 0 Å². The fourth-order valence-electron chi connectivity index (χ4n) is 7.59. The summed E-state index contributed by atoms with van der Waals surface area (Å²) < 4.78 is 16.8. The highest BCUT2D eigenvalue weighted by atomic mass is 16.6. The second kappa shape index (κ2) is 57.4. The summed E-state index contributed by atoms with van der Waals surface area (Å²) >= 11 is 0. The fraction of sp³-hybridized carbons (Fsp3) is 0.641. The number of hydrogen-bond donors (Lipinski definition) is 0. The number of hydrogen-bond acceptors (Lipinski definition) is 6. The van der Waals surface area contributed by atoms with Gasteiger partial charge in [0.25, 0.3) is 0 Å². The van der Waals surface area contributed by atoms with Crippen molar-refractivity contribution in [3.8, 4) is 0 Å². The molecule has 0 amide bonds. The first kappa shape index (κ1) is 65.8. The van der Waals surface area contributed by atoms with Gasteiger partial charge in [-0.15, -0.1) is 0 Å². The lowest BCUT2D eigenvalue weighted by molar-refractivity contribution is -0.167.